The van der Waals surface area contributed by atoms with Gasteiger partial charge in [-0.25, -0.2) is 4.39 Å². The van der Waals surface area contributed by atoms with Gasteiger partial charge in [-0.05, 0) is 37.0 Å². The minimum absolute atomic E-state index is 0.232. The second-order valence-corrected chi connectivity index (χ2v) is 4.53. The standard InChI is InChI=1S/C10H12FNS/c11-9-5-8(3-4-10(9)12)13-6-7-1-2-7/h3-5,7H,1-2,6,12H2. The van der Waals surface area contributed by atoms with Crippen molar-refractivity contribution in [2.24, 2.45) is 5.92 Å². The average molecular weight is 197 g/mol. The minimum atomic E-state index is -0.305. The van der Waals surface area contributed by atoms with Gasteiger partial charge >= 0.3 is 0 Å². The highest BCUT2D eigenvalue weighted by atomic mass is 32.2. The lowest BCUT2D eigenvalue weighted by molar-refractivity contribution is 0.629. The molecule has 1 aromatic carbocycles. The maximum absolute atomic E-state index is 13.0. The first kappa shape index (κ1) is 8.88. The van der Waals surface area contributed by atoms with Crippen LogP contribution in [0, 0.1) is 11.7 Å². The van der Waals surface area contributed by atoms with Crippen LogP contribution in [0.2, 0.25) is 0 Å². The fourth-order valence-corrected chi connectivity index (χ4v) is 2.21. The quantitative estimate of drug-likeness (QED) is 0.595. The first-order valence-electron chi connectivity index (χ1n) is 4.43. The molecule has 13 heavy (non-hydrogen) atoms. The molecule has 1 aliphatic carbocycles. The van der Waals surface area contributed by atoms with Crippen LogP contribution < -0.4 is 5.73 Å². The Morgan fingerprint density at radius 3 is 2.85 bits per heavy atom. The van der Waals surface area contributed by atoms with Crippen molar-refractivity contribution in [3.8, 4) is 0 Å². The molecular formula is C10H12FNS. The molecule has 0 heterocycles. The van der Waals surface area contributed by atoms with Crippen molar-refractivity contribution in [2.45, 2.75) is 17.7 Å². The third-order valence-electron chi connectivity index (χ3n) is 2.15. The number of hydrogen-bond acceptors (Lipinski definition) is 2. The normalized spacial score (nSPS) is 16.1. The SMILES string of the molecule is Nc1ccc(SCC2CC2)cc1F. The van der Waals surface area contributed by atoms with E-state index in [1.54, 1.807) is 17.8 Å². The Hall–Kier alpha value is -0.700. The van der Waals surface area contributed by atoms with E-state index in [9.17, 15) is 4.39 Å². The second kappa shape index (κ2) is 3.58. The van der Waals surface area contributed by atoms with Crippen LogP contribution in [0.1, 0.15) is 12.8 Å². The van der Waals surface area contributed by atoms with E-state index in [1.807, 2.05) is 6.07 Å². The molecule has 2 N–H and O–H groups in total. The minimum Gasteiger partial charge on any atom is -0.396 e. The number of hydrogen-bond donors (Lipinski definition) is 1. The molecule has 0 atom stereocenters. The molecule has 1 fully saturated rings. The third kappa shape index (κ3) is 2.37. The highest BCUT2D eigenvalue weighted by molar-refractivity contribution is 7.99. The van der Waals surface area contributed by atoms with Gasteiger partial charge < -0.3 is 5.73 Å². The molecule has 0 unspecified atom stereocenters. The van der Waals surface area contributed by atoms with Crippen molar-refractivity contribution in [1.29, 1.82) is 0 Å². The van der Waals surface area contributed by atoms with E-state index in [4.69, 9.17) is 5.73 Å². The zero-order valence-electron chi connectivity index (χ0n) is 7.29. The van der Waals surface area contributed by atoms with Gasteiger partial charge in [0.05, 0.1) is 5.69 Å². The lowest BCUT2D eigenvalue weighted by atomic mass is 10.3. The van der Waals surface area contributed by atoms with E-state index in [-0.39, 0.29) is 11.5 Å². The Morgan fingerprint density at radius 1 is 1.46 bits per heavy atom. The number of nitrogen functional groups attached to an aromatic ring is 1. The van der Waals surface area contributed by atoms with E-state index in [2.05, 4.69) is 0 Å². The van der Waals surface area contributed by atoms with Gasteiger partial charge in [0, 0.05) is 10.6 Å². The second-order valence-electron chi connectivity index (χ2n) is 3.44. The first-order valence-corrected chi connectivity index (χ1v) is 5.42. The molecule has 3 heteroatoms. The Kier molecular flexibility index (Phi) is 2.44. The number of halogens is 1. The Bertz CT molecular complexity index is 310. The average Bonchev–Trinajstić information content (AvgIpc) is 2.91. The summed E-state index contributed by atoms with van der Waals surface area (Å²) in [5, 5.41) is 0. The first-order chi connectivity index (χ1) is 6.25. The largest absolute Gasteiger partial charge is 0.396 e. The van der Waals surface area contributed by atoms with Crippen LogP contribution in [0.5, 0.6) is 0 Å². The van der Waals surface area contributed by atoms with Gasteiger partial charge in [0.1, 0.15) is 5.82 Å². The summed E-state index contributed by atoms with van der Waals surface area (Å²) in [6, 6.07) is 5.03. The van der Waals surface area contributed by atoms with Gasteiger partial charge in [0.15, 0.2) is 0 Å². The van der Waals surface area contributed by atoms with Crippen LogP contribution in [-0.4, -0.2) is 5.75 Å². The molecule has 0 bridgehead atoms. The number of nitrogens with two attached hydrogens (primary N) is 1. The Morgan fingerprint density at radius 2 is 2.23 bits per heavy atom. The molecule has 0 radical (unpaired) electrons. The molecule has 0 aromatic heterocycles. The lowest BCUT2D eigenvalue weighted by Crippen LogP contribution is -1.90. The molecule has 0 spiro atoms. The fraction of sp³-hybridized carbons (Fsp3) is 0.400. The smallest absolute Gasteiger partial charge is 0.147 e. The molecule has 1 saturated carbocycles. The summed E-state index contributed by atoms with van der Waals surface area (Å²) in [5.74, 6) is 1.68. The summed E-state index contributed by atoms with van der Waals surface area (Å²) < 4.78 is 13.0. The molecule has 0 amide bonds. The molecule has 70 valence electrons. The Balaban J connectivity index is 1.98. The van der Waals surface area contributed by atoms with Crippen molar-refractivity contribution < 1.29 is 4.39 Å². The van der Waals surface area contributed by atoms with E-state index >= 15 is 0 Å². The maximum Gasteiger partial charge on any atom is 0.147 e. The summed E-state index contributed by atoms with van der Waals surface area (Å²) in [6.45, 7) is 0. The van der Waals surface area contributed by atoms with Gasteiger partial charge in [0.25, 0.3) is 0 Å². The fourth-order valence-electron chi connectivity index (χ4n) is 1.10. The van der Waals surface area contributed by atoms with Crippen LogP contribution in [0.25, 0.3) is 0 Å². The predicted molar refractivity (Wildman–Crippen MR) is 54.3 cm³/mol. The number of thioether (sulfide) groups is 1. The predicted octanol–water partition coefficient (Wildman–Crippen LogP) is 2.91. The van der Waals surface area contributed by atoms with Crippen LogP contribution in [0.4, 0.5) is 10.1 Å². The number of rotatable bonds is 3. The van der Waals surface area contributed by atoms with Crippen molar-refractivity contribution in [3.05, 3.63) is 24.0 Å². The van der Waals surface area contributed by atoms with E-state index in [0.717, 1.165) is 16.6 Å². The summed E-state index contributed by atoms with van der Waals surface area (Å²) in [7, 11) is 0. The number of anilines is 1. The van der Waals surface area contributed by atoms with E-state index in [0.29, 0.717) is 0 Å². The van der Waals surface area contributed by atoms with Crippen molar-refractivity contribution >= 4 is 17.4 Å². The molecule has 0 aliphatic heterocycles. The van der Waals surface area contributed by atoms with Crippen molar-refractivity contribution in [1.82, 2.24) is 0 Å². The topological polar surface area (TPSA) is 26.0 Å². The zero-order valence-corrected chi connectivity index (χ0v) is 8.11. The van der Waals surface area contributed by atoms with Crippen LogP contribution in [0.3, 0.4) is 0 Å². The zero-order chi connectivity index (χ0) is 9.26. The van der Waals surface area contributed by atoms with Crippen LogP contribution >= 0.6 is 11.8 Å². The maximum atomic E-state index is 13.0. The summed E-state index contributed by atoms with van der Waals surface area (Å²) in [5.41, 5.74) is 5.60. The van der Waals surface area contributed by atoms with Gasteiger partial charge in [0.2, 0.25) is 0 Å². The monoisotopic (exact) mass is 197 g/mol. The molecule has 1 aromatic rings. The van der Waals surface area contributed by atoms with Gasteiger partial charge in [-0.3, -0.25) is 0 Å². The molecular weight excluding hydrogens is 185 g/mol. The van der Waals surface area contributed by atoms with Gasteiger partial charge in [-0.2, -0.15) is 0 Å². The lowest BCUT2D eigenvalue weighted by Gasteiger charge is -2.01. The molecule has 0 saturated heterocycles. The van der Waals surface area contributed by atoms with Crippen LogP contribution in [0.15, 0.2) is 23.1 Å². The van der Waals surface area contributed by atoms with E-state index in [1.165, 1.54) is 18.9 Å². The van der Waals surface area contributed by atoms with Gasteiger partial charge in [-0.15, -0.1) is 11.8 Å². The van der Waals surface area contributed by atoms with E-state index < -0.39 is 0 Å². The number of benzene rings is 1. The van der Waals surface area contributed by atoms with Crippen molar-refractivity contribution in [3.63, 3.8) is 0 Å². The summed E-state index contributed by atoms with van der Waals surface area (Å²) in [4.78, 5) is 0.985. The highest BCUT2D eigenvalue weighted by Gasteiger charge is 2.21. The Labute approximate surface area is 81.5 Å². The van der Waals surface area contributed by atoms with Crippen molar-refractivity contribution in [2.75, 3.05) is 11.5 Å². The van der Waals surface area contributed by atoms with Crippen LogP contribution in [-0.2, 0) is 0 Å². The molecule has 2 rings (SSSR count). The summed E-state index contributed by atoms with van der Waals surface area (Å²) >= 11 is 1.72. The molecule has 1 nitrogen and oxygen atoms in total. The summed E-state index contributed by atoms with van der Waals surface area (Å²) in [6.07, 6.45) is 2.68. The molecule has 1 aliphatic rings. The highest BCUT2D eigenvalue weighted by Crippen LogP contribution is 2.35. The third-order valence-corrected chi connectivity index (χ3v) is 3.38. The van der Waals surface area contributed by atoms with Gasteiger partial charge in [-0.1, -0.05) is 0 Å².